The third kappa shape index (κ3) is 6.72. The summed E-state index contributed by atoms with van der Waals surface area (Å²) >= 11 is 0. The highest BCUT2D eigenvalue weighted by molar-refractivity contribution is 7.89. The fourth-order valence-electron chi connectivity index (χ4n) is 2.94. The van der Waals surface area contributed by atoms with Crippen LogP contribution in [0.1, 0.15) is 32.6 Å². The van der Waals surface area contributed by atoms with Gasteiger partial charge in [0, 0.05) is 18.5 Å². The molecule has 0 fully saturated rings. The summed E-state index contributed by atoms with van der Waals surface area (Å²) in [5, 5.41) is 4.21. The molecule has 2 rings (SSSR count). The Hall–Kier alpha value is -2.65. The minimum absolute atomic E-state index is 0.0368. The number of nitrogens with zero attached hydrogens (tertiary/aromatic N) is 1. The Balaban J connectivity index is 2.22. The van der Waals surface area contributed by atoms with E-state index in [9.17, 15) is 13.2 Å². The van der Waals surface area contributed by atoms with Crippen LogP contribution < -0.4 is 21.5 Å². The zero-order valence-corrected chi connectivity index (χ0v) is 17.4. The molecule has 0 spiro atoms. The van der Waals surface area contributed by atoms with Gasteiger partial charge in [0.1, 0.15) is 6.04 Å². The second-order valence-corrected chi connectivity index (χ2v) is 8.43. The number of rotatable bonds is 11. The number of amides is 1. The molecule has 0 saturated carbocycles. The van der Waals surface area contributed by atoms with Crippen LogP contribution in [0.15, 0.2) is 52.4 Å². The van der Waals surface area contributed by atoms with E-state index in [0.29, 0.717) is 24.9 Å². The molecule has 8 nitrogen and oxygen atoms in total. The molecule has 0 saturated heterocycles. The molecular weight excluding hydrogens is 390 g/mol. The molecule has 0 bridgehead atoms. The Morgan fingerprint density at radius 3 is 2.55 bits per heavy atom. The SMILES string of the molecule is CCCCNC(=O)C(CCCN=C(N)N)NS(=O)(=O)c1cccc2ccccc12. The lowest BCUT2D eigenvalue weighted by atomic mass is 10.1. The molecular formula is C20H29N5O3S. The van der Waals surface area contributed by atoms with Crippen molar-refractivity contribution >= 4 is 32.7 Å². The average Bonchev–Trinajstić information content (AvgIpc) is 2.69. The van der Waals surface area contributed by atoms with Gasteiger partial charge in [-0.25, -0.2) is 8.42 Å². The van der Waals surface area contributed by atoms with Crippen LogP contribution in [0.3, 0.4) is 0 Å². The molecule has 1 atom stereocenters. The van der Waals surface area contributed by atoms with Gasteiger partial charge in [0.05, 0.1) is 4.90 Å². The number of unbranched alkanes of at least 4 members (excludes halogenated alkanes) is 1. The minimum Gasteiger partial charge on any atom is -0.370 e. The molecule has 2 aromatic rings. The van der Waals surface area contributed by atoms with Crippen molar-refractivity contribution < 1.29 is 13.2 Å². The maximum absolute atomic E-state index is 13.1. The normalized spacial score (nSPS) is 12.4. The molecule has 0 heterocycles. The van der Waals surface area contributed by atoms with Crippen LogP contribution >= 0.6 is 0 Å². The Labute approximate surface area is 171 Å². The molecule has 0 aromatic heterocycles. The Morgan fingerprint density at radius 1 is 1.10 bits per heavy atom. The molecule has 0 aliphatic heterocycles. The van der Waals surface area contributed by atoms with Crippen molar-refractivity contribution in [2.75, 3.05) is 13.1 Å². The molecule has 0 aliphatic carbocycles. The predicted octanol–water partition coefficient (Wildman–Crippen LogP) is 1.46. The van der Waals surface area contributed by atoms with E-state index in [-0.39, 0.29) is 23.2 Å². The lowest BCUT2D eigenvalue weighted by Crippen LogP contribution is -2.47. The Kier molecular flexibility index (Phi) is 8.41. The summed E-state index contributed by atoms with van der Waals surface area (Å²) < 4.78 is 28.7. The first kappa shape index (κ1) is 22.6. The first-order valence-corrected chi connectivity index (χ1v) is 11.2. The number of sulfonamides is 1. The number of hydrogen-bond donors (Lipinski definition) is 4. The lowest BCUT2D eigenvalue weighted by molar-refractivity contribution is -0.122. The molecule has 0 aliphatic rings. The summed E-state index contributed by atoms with van der Waals surface area (Å²) in [5.74, 6) is -0.391. The van der Waals surface area contributed by atoms with E-state index >= 15 is 0 Å². The number of benzene rings is 2. The quantitative estimate of drug-likeness (QED) is 0.248. The number of fused-ring (bicyclic) bond motifs is 1. The minimum atomic E-state index is -3.91. The van der Waals surface area contributed by atoms with Crippen LogP contribution in [0.5, 0.6) is 0 Å². The number of carbonyl (C=O) groups excluding carboxylic acids is 1. The van der Waals surface area contributed by atoms with Gasteiger partial charge in [-0.1, -0.05) is 49.7 Å². The highest BCUT2D eigenvalue weighted by Crippen LogP contribution is 2.23. The Bertz CT molecular complexity index is 950. The zero-order chi connectivity index (χ0) is 21.3. The van der Waals surface area contributed by atoms with Crippen molar-refractivity contribution in [3.05, 3.63) is 42.5 Å². The summed E-state index contributed by atoms with van der Waals surface area (Å²) in [4.78, 5) is 16.6. The predicted molar refractivity (Wildman–Crippen MR) is 116 cm³/mol. The molecule has 6 N–H and O–H groups in total. The van der Waals surface area contributed by atoms with Crippen LogP contribution in [-0.2, 0) is 14.8 Å². The molecule has 158 valence electrons. The van der Waals surface area contributed by atoms with Crippen LogP contribution in [0.4, 0.5) is 0 Å². The highest BCUT2D eigenvalue weighted by atomic mass is 32.2. The smallest absolute Gasteiger partial charge is 0.241 e. The van der Waals surface area contributed by atoms with Crippen LogP contribution in [0.2, 0.25) is 0 Å². The number of nitrogens with one attached hydrogen (secondary N) is 2. The number of hydrogen-bond acceptors (Lipinski definition) is 4. The number of nitrogens with two attached hydrogens (primary N) is 2. The fourth-order valence-corrected chi connectivity index (χ4v) is 4.40. The topological polar surface area (TPSA) is 140 Å². The summed E-state index contributed by atoms with van der Waals surface area (Å²) in [6.45, 7) is 2.83. The monoisotopic (exact) mass is 419 g/mol. The van der Waals surface area contributed by atoms with Crippen molar-refractivity contribution in [2.45, 2.75) is 43.5 Å². The van der Waals surface area contributed by atoms with E-state index in [0.717, 1.165) is 18.2 Å². The van der Waals surface area contributed by atoms with E-state index in [4.69, 9.17) is 11.5 Å². The number of carbonyl (C=O) groups is 1. The first-order chi connectivity index (χ1) is 13.8. The zero-order valence-electron chi connectivity index (χ0n) is 16.6. The van der Waals surface area contributed by atoms with Crippen LogP contribution in [0, 0.1) is 0 Å². The fraction of sp³-hybridized carbons (Fsp3) is 0.400. The summed E-state index contributed by atoms with van der Waals surface area (Å²) in [5.41, 5.74) is 10.6. The van der Waals surface area contributed by atoms with Crippen molar-refractivity contribution in [3.8, 4) is 0 Å². The maximum atomic E-state index is 13.1. The number of guanidine groups is 1. The van der Waals surface area contributed by atoms with Gasteiger partial charge in [0.15, 0.2) is 5.96 Å². The van der Waals surface area contributed by atoms with Gasteiger partial charge in [-0.05, 0) is 30.7 Å². The van der Waals surface area contributed by atoms with E-state index in [1.165, 1.54) is 6.07 Å². The average molecular weight is 420 g/mol. The molecule has 1 unspecified atom stereocenters. The summed E-state index contributed by atoms with van der Waals surface area (Å²) in [6.07, 6.45) is 2.49. The molecule has 2 aromatic carbocycles. The van der Waals surface area contributed by atoms with E-state index < -0.39 is 16.1 Å². The largest absolute Gasteiger partial charge is 0.370 e. The van der Waals surface area contributed by atoms with Gasteiger partial charge in [0.25, 0.3) is 0 Å². The van der Waals surface area contributed by atoms with Crippen molar-refractivity contribution in [2.24, 2.45) is 16.5 Å². The van der Waals surface area contributed by atoms with Crippen molar-refractivity contribution in [1.82, 2.24) is 10.0 Å². The van der Waals surface area contributed by atoms with E-state index in [1.54, 1.807) is 18.2 Å². The third-order valence-corrected chi connectivity index (χ3v) is 5.96. The number of aliphatic imine (C=N–C) groups is 1. The first-order valence-electron chi connectivity index (χ1n) is 9.68. The van der Waals surface area contributed by atoms with Gasteiger partial charge < -0.3 is 16.8 Å². The van der Waals surface area contributed by atoms with Crippen molar-refractivity contribution in [3.63, 3.8) is 0 Å². The molecule has 0 radical (unpaired) electrons. The van der Waals surface area contributed by atoms with Crippen molar-refractivity contribution in [1.29, 1.82) is 0 Å². The van der Waals surface area contributed by atoms with Crippen LogP contribution in [0.25, 0.3) is 10.8 Å². The van der Waals surface area contributed by atoms with E-state index in [1.807, 2.05) is 25.1 Å². The molecule has 1 amide bonds. The summed E-state index contributed by atoms with van der Waals surface area (Å²) in [7, 11) is -3.91. The lowest BCUT2D eigenvalue weighted by Gasteiger charge is -2.19. The van der Waals surface area contributed by atoms with Gasteiger partial charge in [-0.2, -0.15) is 4.72 Å². The standard InChI is InChI=1S/C20H29N5O3S/c1-2-3-13-23-19(26)17(11-7-14-24-20(21)22)25-29(27,28)18-12-6-9-15-8-4-5-10-16(15)18/h4-6,8-10,12,17,25H,2-3,7,11,13-14H2,1H3,(H,23,26)(H4,21,22,24). The molecule has 9 heteroatoms. The second-order valence-electron chi connectivity index (χ2n) is 6.74. The van der Waals surface area contributed by atoms with E-state index in [2.05, 4.69) is 15.0 Å². The van der Waals surface area contributed by atoms with Gasteiger partial charge in [0.2, 0.25) is 15.9 Å². The summed E-state index contributed by atoms with van der Waals surface area (Å²) in [6, 6.07) is 11.4. The van der Waals surface area contributed by atoms with Gasteiger partial charge in [-0.3, -0.25) is 9.79 Å². The van der Waals surface area contributed by atoms with Gasteiger partial charge in [-0.15, -0.1) is 0 Å². The van der Waals surface area contributed by atoms with Crippen LogP contribution in [-0.4, -0.2) is 39.4 Å². The second kappa shape index (κ2) is 10.8. The molecule has 29 heavy (non-hydrogen) atoms. The highest BCUT2D eigenvalue weighted by Gasteiger charge is 2.26. The third-order valence-electron chi connectivity index (χ3n) is 4.43. The maximum Gasteiger partial charge on any atom is 0.241 e. The Morgan fingerprint density at radius 2 is 1.83 bits per heavy atom. The van der Waals surface area contributed by atoms with Gasteiger partial charge >= 0.3 is 0 Å².